The summed E-state index contributed by atoms with van der Waals surface area (Å²) >= 11 is 0. The van der Waals surface area contributed by atoms with Crippen LogP contribution in [0.3, 0.4) is 0 Å². The van der Waals surface area contributed by atoms with Gasteiger partial charge in [-0.3, -0.25) is 0 Å². The molecule has 0 aromatic carbocycles. The number of imidazole rings is 1. The van der Waals surface area contributed by atoms with Gasteiger partial charge in [0.2, 0.25) is 0 Å². The first-order chi connectivity index (χ1) is 11.3. The number of hydrogen-bond acceptors (Lipinski definition) is 4. The van der Waals surface area contributed by atoms with E-state index < -0.39 is 0 Å². The maximum absolute atomic E-state index is 8.74. The van der Waals surface area contributed by atoms with Crippen molar-refractivity contribution in [2.24, 2.45) is 0 Å². The maximum atomic E-state index is 8.74. The van der Waals surface area contributed by atoms with Crippen LogP contribution < -0.4 is 0 Å². The number of nitrogens with zero attached hydrogens (tertiary/aromatic N) is 5. The number of likely N-dealkylation sites (tertiary alicyclic amines) is 1. The summed E-state index contributed by atoms with van der Waals surface area (Å²) in [6, 6.07) is 4.80. The molecule has 4 heterocycles. The molecule has 1 fully saturated rings. The lowest BCUT2D eigenvalue weighted by atomic mass is 10.0. The van der Waals surface area contributed by atoms with E-state index in [9.17, 15) is 0 Å². The van der Waals surface area contributed by atoms with Gasteiger partial charge in [0.15, 0.2) is 0 Å². The van der Waals surface area contributed by atoms with Gasteiger partial charge in [0.05, 0.1) is 17.8 Å². The van der Waals surface area contributed by atoms with Gasteiger partial charge in [0.25, 0.3) is 0 Å². The van der Waals surface area contributed by atoms with Crippen molar-refractivity contribution < 1.29 is 0 Å². The fourth-order valence-corrected chi connectivity index (χ4v) is 3.76. The number of aryl methyl sites for hydroxylation is 1. The first-order valence-electron chi connectivity index (χ1n) is 8.18. The summed E-state index contributed by atoms with van der Waals surface area (Å²) in [6.07, 6.45) is 6.62. The minimum absolute atomic E-state index is 0.471. The molecule has 118 valence electrons. The Morgan fingerprint density at radius 3 is 3.00 bits per heavy atom. The molecular weight excluding hydrogens is 288 g/mol. The topological polar surface area (TPSA) is 73.5 Å². The third-order valence-electron chi connectivity index (χ3n) is 4.87. The van der Waals surface area contributed by atoms with Crippen LogP contribution in [0.25, 0.3) is 22.1 Å². The molecule has 3 aromatic heterocycles. The molecule has 0 atom stereocenters. The summed E-state index contributed by atoms with van der Waals surface area (Å²) in [4.78, 5) is 14.7. The predicted molar refractivity (Wildman–Crippen MR) is 89.1 cm³/mol. The average Bonchev–Trinajstić information content (AvgIpc) is 3.16. The molecule has 0 amide bonds. The fraction of sp³-hybridized carbons (Fsp3) is 0.471. The highest BCUT2D eigenvalue weighted by Gasteiger charge is 2.24. The van der Waals surface area contributed by atoms with Crippen LogP contribution in [-0.2, 0) is 0 Å². The Balaban J connectivity index is 1.68. The second kappa shape index (κ2) is 5.67. The van der Waals surface area contributed by atoms with Crippen molar-refractivity contribution in [3.63, 3.8) is 0 Å². The van der Waals surface area contributed by atoms with E-state index in [1.54, 1.807) is 0 Å². The zero-order chi connectivity index (χ0) is 15.8. The van der Waals surface area contributed by atoms with Gasteiger partial charge in [-0.25, -0.2) is 9.97 Å². The third kappa shape index (κ3) is 2.37. The Morgan fingerprint density at radius 2 is 2.22 bits per heavy atom. The first-order valence-corrected chi connectivity index (χ1v) is 8.18. The highest BCUT2D eigenvalue weighted by Crippen LogP contribution is 2.31. The lowest BCUT2D eigenvalue weighted by molar-refractivity contribution is 0.191. The molecule has 6 heteroatoms. The monoisotopic (exact) mass is 308 g/mol. The van der Waals surface area contributed by atoms with Crippen LogP contribution in [0, 0.1) is 18.3 Å². The van der Waals surface area contributed by atoms with E-state index in [-0.39, 0.29) is 0 Å². The van der Waals surface area contributed by atoms with Crippen LogP contribution in [0.5, 0.6) is 0 Å². The van der Waals surface area contributed by atoms with Gasteiger partial charge in [-0.1, -0.05) is 0 Å². The molecule has 0 saturated carbocycles. The Kier molecular flexibility index (Phi) is 3.50. The average molecular weight is 308 g/mol. The van der Waals surface area contributed by atoms with E-state index >= 15 is 0 Å². The Morgan fingerprint density at radius 1 is 1.39 bits per heavy atom. The fourth-order valence-electron chi connectivity index (χ4n) is 3.76. The summed E-state index contributed by atoms with van der Waals surface area (Å²) in [5.41, 5.74) is 3.09. The molecule has 1 N–H and O–H groups in total. The van der Waals surface area contributed by atoms with Gasteiger partial charge in [-0.2, -0.15) is 5.26 Å². The van der Waals surface area contributed by atoms with E-state index in [1.807, 2.05) is 12.4 Å². The number of aromatic amines is 1. The Hall–Kier alpha value is -2.39. The van der Waals surface area contributed by atoms with Gasteiger partial charge in [0.1, 0.15) is 17.0 Å². The zero-order valence-electron chi connectivity index (χ0n) is 13.3. The second-order valence-corrected chi connectivity index (χ2v) is 6.24. The van der Waals surface area contributed by atoms with Crippen LogP contribution in [0.1, 0.15) is 31.1 Å². The smallest absolute Gasteiger partial charge is 0.139 e. The lowest BCUT2D eigenvalue weighted by Gasteiger charge is -2.33. The Labute approximate surface area is 134 Å². The van der Waals surface area contributed by atoms with Crippen molar-refractivity contribution in [2.75, 3.05) is 19.6 Å². The van der Waals surface area contributed by atoms with Crippen molar-refractivity contribution >= 4 is 22.1 Å². The van der Waals surface area contributed by atoms with Crippen molar-refractivity contribution in [2.45, 2.75) is 32.2 Å². The van der Waals surface area contributed by atoms with E-state index in [4.69, 9.17) is 10.2 Å². The van der Waals surface area contributed by atoms with E-state index in [2.05, 4.69) is 38.5 Å². The Bertz CT molecular complexity index is 876. The normalized spacial score (nSPS) is 17.0. The summed E-state index contributed by atoms with van der Waals surface area (Å²) in [6.45, 7) is 5.07. The standard InChI is InChI=1S/C17H20N6/c1-12-21-15-11-20-17-14(3-7-19-17)16(15)23(12)13-4-9-22(10-5-13)8-2-6-18/h3,7,11,13H,2,4-5,8-10H2,1H3,(H,19,20). The van der Waals surface area contributed by atoms with E-state index in [1.165, 1.54) is 5.52 Å². The summed E-state index contributed by atoms with van der Waals surface area (Å²) < 4.78 is 2.40. The van der Waals surface area contributed by atoms with Crippen LogP contribution in [0.15, 0.2) is 18.5 Å². The molecule has 1 aliphatic heterocycles. The molecule has 1 aliphatic rings. The van der Waals surface area contributed by atoms with Gasteiger partial charge < -0.3 is 14.5 Å². The molecule has 0 aliphatic carbocycles. The van der Waals surface area contributed by atoms with Crippen molar-refractivity contribution in [3.8, 4) is 6.07 Å². The summed E-state index contributed by atoms with van der Waals surface area (Å²) in [5.74, 6) is 1.06. The summed E-state index contributed by atoms with van der Waals surface area (Å²) in [7, 11) is 0. The first kappa shape index (κ1) is 14.2. The van der Waals surface area contributed by atoms with Gasteiger partial charge in [-0.05, 0) is 25.8 Å². The minimum Gasteiger partial charge on any atom is -0.346 e. The number of aromatic nitrogens is 4. The number of rotatable bonds is 3. The van der Waals surface area contributed by atoms with Crippen molar-refractivity contribution in [3.05, 3.63) is 24.3 Å². The minimum atomic E-state index is 0.471. The number of hydrogen-bond donors (Lipinski definition) is 1. The molecule has 0 radical (unpaired) electrons. The summed E-state index contributed by atoms with van der Waals surface area (Å²) in [5, 5.41) is 9.88. The molecule has 0 unspecified atom stereocenters. The quantitative estimate of drug-likeness (QED) is 0.807. The van der Waals surface area contributed by atoms with Gasteiger partial charge in [0, 0.05) is 43.7 Å². The number of nitrogens with one attached hydrogen (secondary N) is 1. The van der Waals surface area contributed by atoms with Crippen LogP contribution in [0.4, 0.5) is 0 Å². The SMILES string of the molecule is Cc1nc2cnc3[nH]ccc3c2n1C1CCN(CCC#N)CC1. The van der Waals surface area contributed by atoms with Crippen LogP contribution >= 0.6 is 0 Å². The molecule has 0 spiro atoms. The lowest BCUT2D eigenvalue weighted by Crippen LogP contribution is -2.35. The predicted octanol–water partition coefficient (Wildman–Crippen LogP) is 2.77. The largest absolute Gasteiger partial charge is 0.346 e. The van der Waals surface area contributed by atoms with Gasteiger partial charge >= 0.3 is 0 Å². The molecule has 1 saturated heterocycles. The van der Waals surface area contributed by atoms with Gasteiger partial charge in [-0.15, -0.1) is 0 Å². The van der Waals surface area contributed by atoms with Crippen LogP contribution in [0.2, 0.25) is 0 Å². The zero-order valence-corrected chi connectivity index (χ0v) is 13.3. The highest BCUT2D eigenvalue weighted by molar-refractivity contribution is 6.01. The highest BCUT2D eigenvalue weighted by atomic mass is 15.2. The number of H-pyrrole nitrogens is 1. The number of fused-ring (bicyclic) bond motifs is 3. The third-order valence-corrected chi connectivity index (χ3v) is 4.87. The number of piperidine rings is 1. The van der Waals surface area contributed by atoms with Crippen molar-refractivity contribution in [1.82, 2.24) is 24.4 Å². The molecule has 4 rings (SSSR count). The van der Waals surface area contributed by atoms with E-state index in [0.717, 1.165) is 54.9 Å². The molecule has 6 nitrogen and oxygen atoms in total. The molecule has 23 heavy (non-hydrogen) atoms. The molecule has 0 bridgehead atoms. The number of nitriles is 1. The van der Waals surface area contributed by atoms with Crippen molar-refractivity contribution in [1.29, 1.82) is 5.26 Å². The number of pyridine rings is 1. The van der Waals surface area contributed by atoms with Crippen LogP contribution in [-0.4, -0.2) is 44.1 Å². The second-order valence-electron chi connectivity index (χ2n) is 6.24. The molecular formula is C17H20N6. The molecule has 3 aromatic rings. The maximum Gasteiger partial charge on any atom is 0.139 e. The van der Waals surface area contributed by atoms with E-state index in [0.29, 0.717) is 12.5 Å².